The number of hydrogen-bond acceptors (Lipinski definition) is 4. The summed E-state index contributed by atoms with van der Waals surface area (Å²) in [5.41, 5.74) is 0.0978. The predicted octanol–water partition coefficient (Wildman–Crippen LogP) is 2.53. The van der Waals surface area contributed by atoms with Crippen molar-refractivity contribution in [2.75, 3.05) is 13.2 Å². The maximum Gasteiger partial charge on any atom is 0.277 e. The molecule has 0 spiro atoms. The molecule has 1 aliphatic rings. The van der Waals surface area contributed by atoms with E-state index >= 15 is 0 Å². The van der Waals surface area contributed by atoms with Crippen molar-refractivity contribution in [1.82, 2.24) is 0 Å². The molecule has 5 nitrogen and oxygen atoms in total. The largest absolute Gasteiger partial charge is 0.490 e. The molecule has 0 N–H and O–H groups in total. The van der Waals surface area contributed by atoms with Gasteiger partial charge < -0.3 is 9.47 Å². The Morgan fingerprint density at radius 1 is 1.28 bits per heavy atom. The van der Waals surface area contributed by atoms with Gasteiger partial charge in [0.25, 0.3) is 5.69 Å². The van der Waals surface area contributed by atoms with E-state index in [2.05, 4.69) is 0 Å². The molecule has 0 amide bonds. The van der Waals surface area contributed by atoms with E-state index in [9.17, 15) is 10.1 Å². The average Bonchev–Trinajstić information content (AvgIpc) is 3.19. The number of nitrogens with zero attached hydrogens (tertiary/aromatic N) is 1. The number of ether oxygens (including phenoxy) is 2. The highest BCUT2D eigenvalue weighted by molar-refractivity contribution is 5.95. The summed E-state index contributed by atoms with van der Waals surface area (Å²) in [5, 5.41) is 12.3. The van der Waals surface area contributed by atoms with E-state index in [4.69, 9.17) is 9.47 Å². The molecule has 0 saturated carbocycles. The number of epoxide rings is 1. The van der Waals surface area contributed by atoms with Crippen LogP contribution in [0.15, 0.2) is 36.4 Å². The molecular weight excluding hydrogens is 234 g/mol. The van der Waals surface area contributed by atoms with Gasteiger partial charge in [-0.15, -0.1) is 0 Å². The fourth-order valence-electron chi connectivity index (χ4n) is 1.89. The van der Waals surface area contributed by atoms with Gasteiger partial charge in [-0.05, 0) is 12.1 Å². The molecule has 0 aromatic heterocycles. The minimum Gasteiger partial charge on any atom is -0.490 e. The quantitative estimate of drug-likeness (QED) is 0.471. The topological polar surface area (TPSA) is 64.9 Å². The highest BCUT2D eigenvalue weighted by Crippen LogP contribution is 2.33. The van der Waals surface area contributed by atoms with E-state index in [0.29, 0.717) is 17.7 Å². The molecule has 1 aliphatic heterocycles. The van der Waals surface area contributed by atoms with Crippen molar-refractivity contribution >= 4 is 16.5 Å². The normalized spacial score (nSPS) is 17.7. The summed E-state index contributed by atoms with van der Waals surface area (Å²) in [6.07, 6.45) is 0.166. The maximum absolute atomic E-state index is 10.9. The lowest BCUT2D eigenvalue weighted by Crippen LogP contribution is -2.04. The van der Waals surface area contributed by atoms with Crippen LogP contribution in [-0.2, 0) is 4.74 Å². The van der Waals surface area contributed by atoms with Gasteiger partial charge in [0, 0.05) is 11.5 Å². The van der Waals surface area contributed by atoms with Crippen molar-refractivity contribution in [2.24, 2.45) is 0 Å². The van der Waals surface area contributed by atoms with Gasteiger partial charge in [-0.25, -0.2) is 0 Å². The van der Waals surface area contributed by atoms with Crippen LogP contribution in [0.1, 0.15) is 0 Å². The molecule has 18 heavy (non-hydrogen) atoms. The monoisotopic (exact) mass is 245 g/mol. The molecule has 3 rings (SSSR count). The second kappa shape index (κ2) is 4.27. The molecule has 2 aromatic rings. The van der Waals surface area contributed by atoms with Crippen LogP contribution in [0.5, 0.6) is 5.75 Å². The number of non-ortho nitro benzene ring substituents is 1. The first-order chi connectivity index (χ1) is 8.75. The zero-order valence-corrected chi connectivity index (χ0v) is 9.54. The molecule has 92 valence electrons. The van der Waals surface area contributed by atoms with Gasteiger partial charge in [0.2, 0.25) is 0 Å². The molecule has 1 heterocycles. The van der Waals surface area contributed by atoms with Crippen LogP contribution in [0, 0.1) is 10.1 Å². The number of nitro groups is 1. The Kier molecular flexibility index (Phi) is 2.60. The van der Waals surface area contributed by atoms with Gasteiger partial charge in [-0.3, -0.25) is 10.1 Å². The first-order valence-corrected chi connectivity index (χ1v) is 5.66. The minimum atomic E-state index is -0.379. The number of rotatable bonds is 4. The minimum absolute atomic E-state index is 0.0978. The SMILES string of the molecule is O=[N+]([O-])c1ccc(OC[C@@H]2CO2)c2ccccc12. The summed E-state index contributed by atoms with van der Waals surface area (Å²) in [7, 11) is 0. The predicted molar refractivity (Wildman–Crippen MR) is 65.8 cm³/mol. The lowest BCUT2D eigenvalue weighted by molar-refractivity contribution is -0.383. The maximum atomic E-state index is 10.9. The summed E-state index contributed by atoms with van der Waals surface area (Å²) < 4.78 is 10.7. The molecule has 5 heteroatoms. The Morgan fingerprint density at radius 2 is 2.00 bits per heavy atom. The number of hydrogen-bond donors (Lipinski definition) is 0. The standard InChI is InChI=1S/C13H11NO4/c15-14(16)12-5-6-13(18-8-9-7-17-9)11-4-2-1-3-10(11)12/h1-6,9H,7-8H2/t9-/m0/s1. The molecule has 1 saturated heterocycles. The number of fused-ring (bicyclic) bond motifs is 1. The van der Waals surface area contributed by atoms with E-state index in [1.54, 1.807) is 18.2 Å². The van der Waals surface area contributed by atoms with Crippen LogP contribution in [0.25, 0.3) is 10.8 Å². The van der Waals surface area contributed by atoms with Crippen molar-refractivity contribution in [3.8, 4) is 5.75 Å². The Bertz CT molecular complexity index is 607. The Balaban J connectivity index is 2.04. The molecule has 0 unspecified atom stereocenters. The summed E-state index contributed by atoms with van der Waals surface area (Å²) in [4.78, 5) is 10.6. The van der Waals surface area contributed by atoms with E-state index < -0.39 is 0 Å². The molecule has 1 atom stereocenters. The fraction of sp³-hybridized carbons (Fsp3) is 0.231. The zero-order chi connectivity index (χ0) is 12.5. The Morgan fingerprint density at radius 3 is 2.67 bits per heavy atom. The van der Waals surface area contributed by atoms with Gasteiger partial charge in [0.1, 0.15) is 18.5 Å². The van der Waals surface area contributed by atoms with E-state index in [-0.39, 0.29) is 16.7 Å². The highest BCUT2D eigenvalue weighted by atomic mass is 16.6. The van der Waals surface area contributed by atoms with Crippen molar-refractivity contribution in [3.63, 3.8) is 0 Å². The third kappa shape index (κ3) is 2.00. The third-order valence-corrected chi connectivity index (χ3v) is 2.88. The summed E-state index contributed by atoms with van der Waals surface area (Å²) >= 11 is 0. The van der Waals surface area contributed by atoms with Crippen LogP contribution < -0.4 is 4.74 Å². The second-order valence-electron chi connectivity index (χ2n) is 4.15. The van der Waals surface area contributed by atoms with Crippen LogP contribution in [0.3, 0.4) is 0 Å². The molecular formula is C13H11NO4. The Labute approximate surface area is 103 Å². The van der Waals surface area contributed by atoms with Crippen molar-refractivity contribution in [1.29, 1.82) is 0 Å². The lowest BCUT2D eigenvalue weighted by atomic mass is 10.1. The lowest BCUT2D eigenvalue weighted by Gasteiger charge is -2.08. The van der Waals surface area contributed by atoms with Crippen molar-refractivity contribution < 1.29 is 14.4 Å². The van der Waals surface area contributed by atoms with Crippen LogP contribution in [-0.4, -0.2) is 24.2 Å². The summed E-state index contributed by atoms with van der Waals surface area (Å²) in [6.45, 7) is 1.21. The van der Waals surface area contributed by atoms with E-state index in [0.717, 1.165) is 12.0 Å². The Hall–Kier alpha value is -2.14. The highest BCUT2D eigenvalue weighted by Gasteiger charge is 2.24. The second-order valence-corrected chi connectivity index (χ2v) is 4.15. The molecule has 0 bridgehead atoms. The molecule has 1 fully saturated rings. The summed E-state index contributed by atoms with van der Waals surface area (Å²) in [5.74, 6) is 0.659. The smallest absolute Gasteiger partial charge is 0.277 e. The van der Waals surface area contributed by atoms with Crippen LogP contribution in [0.2, 0.25) is 0 Å². The van der Waals surface area contributed by atoms with Gasteiger partial charge >= 0.3 is 0 Å². The first-order valence-electron chi connectivity index (χ1n) is 5.66. The fourth-order valence-corrected chi connectivity index (χ4v) is 1.89. The zero-order valence-electron chi connectivity index (χ0n) is 9.54. The van der Waals surface area contributed by atoms with Crippen molar-refractivity contribution in [2.45, 2.75) is 6.10 Å². The average molecular weight is 245 g/mol. The molecule has 2 aromatic carbocycles. The molecule has 0 aliphatic carbocycles. The number of benzene rings is 2. The van der Waals surface area contributed by atoms with Crippen LogP contribution >= 0.6 is 0 Å². The molecule has 0 radical (unpaired) electrons. The van der Waals surface area contributed by atoms with Crippen molar-refractivity contribution in [3.05, 3.63) is 46.5 Å². The third-order valence-electron chi connectivity index (χ3n) is 2.88. The van der Waals surface area contributed by atoms with Gasteiger partial charge in [-0.2, -0.15) is 0 Å². The number of nitro benzene ring substituents is 1. The summed E-state index contributed by atoms with van der Waals surface area (Å²) in [6, 6.07) is 10.3. The van der Waals surface area contributed by atoms with Gasteiger partial charge in [-0.1, -0.05) is 18.2 Å². The van der Waals surface area contributed by atoms with Gasteiger partial charge in [0.15, 0.2) is 0 Å². The van der Waals surface area contributed by atoms with E-state index in [1.807, 2.05) is 12.1 Å². The van der Waals surface area contributed by atoms with E-state index in [1.165, 1.54) is 6.07 Å². The van der Waals surface area contributed by atoms with Gasteiger partial charge in [0.05, 0.1) is 16.9 Å². The van der Waals surface area contributed by atoms with Crippen LogP contribution in [0.4, 0.5) is 5.69 Å². The first kappa shape index (κ1) is 11.0.